The molecule has 1 atom stereocenters. The Hall–Kier alpha value is -4.09. The minimum atomic E-state index is -4.33. The number of aliphatic carboxylic acids is 1. The standard InChI is InChI=1S/C25H21ClN4O6S/c1-15-2-11-21-20(14-15)24(32)30(29-28-21)13-12-22(25(33)34)37(35,36)19-9-7-18(8-10-19)27-23(31)16-3-5-17(26)6-4-16/h2-11,14,22H,12-13H2,1H3,(H,27,31)(H,33,34). The number of carbonyl (C=O) groups excluding carboxylic acids is 1. The molecule has 0 bridgehead atoms. The number of benzene rings is 3. The number of rotatable bonds is 8. The fourth-order valence-corrected chi connectivity index (χ4v) is 5.34. The molecule has 3 aromatic carbocycles. The number of nitrogens with one attached hydrogen (secondary N) is 1. The van der Waals surface area contributed by atoms with Gasteiger partial charge in [-0.25, -0.2) is 13.1 Å². The number of hydrogen-bond donors (Lipinski definition) is 2. The first-order valence-electron chi connectivity index (χ1n) is 11.0. The largest absolute Gasteiger partial charge is 0.480 e. The van der Waals surface area contributed by atoms with Gasteiger partial charge in [0.05, 0.1) is 10.3 Å². The van der Waals surface area contributed by atoms with E-state index in [0.29, 0.717) is 27.2 Å². The molecule has 0 fully saturated rings. The smallest absolute Gasteiger partial charge is 0.322 e. The average molecular weight is 541 g/mol. The Kier molecular flexibility index (Phi) is 7.37. The number of nitrogens with zero attached hydrogens (tertiary/aromatic N) is 3. The summed E-state index contributed by atoms with van der Waals surface area (Å²) in [5, 5.41) is 19.0. The number of anilines is 1. The summed E-state index contributed by atoms with van der Waals surface area (Å²) < 4.78 is 27.2. The lowest BCUT2D eigenvalue weighted by Gasteiger charge is -2.15. The molecule has 12 heteroatoms. The molecule has 4 rings (SSSR count). The molecule has 0 saturated carbocycles. The van der Waals surface area contributed by atoms with Gasteiger partial charge in [-0.2, -0.15) is 0 Å². The van der Waals surface area contributed by atoms with Gasteiger partial charge in [0.15, 0.2) is 15.1 Å². The first kappa shape index (κ1) is 26.0. The lowest BCUT2D eigenvalue weighted by Crippen LogP contribution is -2.34. The summed E-state index contributed by atoms with van der Waals surface area (Å²) >= 11 is 5.82. The molecule has 0 saturated heterocycles. The number of halogens is 1. The number of amides is 1. The number of carboxylic acid groups (broad SMARTS) is 1. The molecule has 0 aliphatic heterocycles. The van der Waals surface area contributed by atoms with Crippen molar-refractivity contribution in [1.29, 1.82) is 0 Å². The van der Waals surface area contributed by atoms with Crippen LogP contribution in [-0.2, 0) is 21.2 Å². The summed E-state index contributed by atoms with van der Waals surface area (Å²) in [6.45, 7) is 1.55. The van der Waals surface area contributed by atoms with Gasteiger partial charge in [-0.05, 0) is 74.0 Å². The minimum absolute atomic E-state index is 0.239. The van der Waals surface area contributed by atoms with E-state index in [9.17, 15) is 27.9 Å². The average Bonchev–Trinajstić information content (AvgIpc) is 2.86. The maximum Gasteiger partial charge on any atom is 0.322 e. The molecule has 10 nitrogen and oxygen atoms in total. The van der Waals surface area contributed by atoms with Crippen LogP contribution in [0.4, 0.5) is 5.69 Å². The van der Waals surface area contributed by atoms with Gasteiger partial charge in [0.2, 0.25) is 0 Å². The molecule has 0 radical (unpaired) electrons. The first-order chi connectivity index (χ1) is 17.6. The predicted molar refractivity (Wildman–Crippen MR) is 138 cm³/mol. The second-order valence-corrected chi connectivity index (χ2v) is 10.9. The Bertz CT molecular complexity index is 1650. The quantitative estimate of drug-likeness (QED) is 0.346. The van der Waals surface area contributed by atoms with Crippen LogP contribution in [0.2, 0.25) is 5.02 Å². The van der Waals surface area contributed by atoms with Crippen LogP contribution >= 0.6 is 11.6 Å². The fraction of sp³-hybridized carbons (Fsp3) is 0.160. The zero-order valence-electron chi connectivity index (χ0n) is 19.5. The summed E-state index contributed by atoms with van der Waals surface area (Å²) in [7, 11) is -4.33. The SMILES string of the molecule is Cc1ccc2nnn(CCC(C(=O)O)S(=O)(=O)c3ccc(NC(=O)c4ccc(Cl)cc4)cc3)c(=O)c2c1. The Morgan fingerprint density at radius 1 is 1.05 bits per heavy atom. The van der Waals surface area contributed by atoms with E-state index < -0.39 is 38.9 Å². The van der Waals surface area contributed by atoms with E-state index in [1.54, 1.807) is 42.5 Å². The maximum atomic E-state index is 13.1. The number of sulfone groups is 1. The van der Waals surface area contributed by atoms with Crippen LogP contribution in [0.5, 0.6) is 0 Å². The van der Waals surface area contributed by atoms with E-state index in [-0.39, 0.29) is 11.4 Å². The van der Waals surface area contributed by atoms with E-state index in [1.165, 1.54) is 24.3 Å². The Labute approximate surface area is 216 Å². The molecule has 4 aromatic rings. The van der Waals surface area contributed by atoms with Gasteiger partial charge in [0.25, 0.3) is 11.5 Å². The van der Waals surface area contributed by atoms with Crippen molar-refractivity contribution in [2.24, 2.45) is 0 Å². The third-order valence-electron chi connectivity index (χ3n) is 5.68. The Balaban J connectivity index is 1.51. The van der Waals surface area contributed by atoms with Crippen LogP contribution < -0.4 is 10.9 Å². The first-order valence-corrected chi connectivity index (χ1v) is 13.0. The lowest BCUT2D eigenvalue weighted by atomic mass is 10.2. The van der Waals surface area contributed by atoms with Crippen LogP contribution in [0.1, 0.15) is 22.3 Å². The summed E-state index contributed by atoms with van der Waals surface area (Å²) in [5.74, 6) is -1.98. The van der Waals surface area contributed by atoms with Crippen molar-refractivity contribution in [1.82, 2.24) is 15.0 Å². The normalized spacial score (nSPS) is 12.3. The summed E-state index contributed by atoms with van der Waals surface area (Å²) in [6, 6.07) is 16.4. The van der Waals surface area contributed by atoms with Crippen molar-refractivity contribution in [2.45, 2.75) is 30.0 Å². The number of aryl methyl sites for hydroxylation is 2. The molecule has 0 aliphatic rings. The van der Waals surface area contributed by atoms with E-state index >= 15 is 0 Å². The van der Waals surface area contributed by atoms with Crippen molar-refractivity contribution < 1.29 is 23.1 Å². The summed E-state index contributed by atoms with van der Waals surface area (Å²) in [5.41, 5.74) is 1.41. The monoisotopic (exact) mass is 540 g/mol. The predicted octanol–water partition coefficient (Wildman–Crippen LogP) is 3.32. The van der Waals surface area contributed by atoms with Gasteiger partial charge in [-0.1, -0.05) is 28.4 Å². The fourth-order valence-electron chi connectivity index (χ4n) is 3.68. The van der Waals surface area contributed by atoms with Crippen molar-refractivity contribution in [3.8, 4) is 0 Å². The highest BCUT2D eigenvalue weighted by Crippen LogP contribution is 2.22. The second kappa shape index (κ2) is 10.5. The molecular formula is C25H21ClN4O6S. The highest BCUT2D eigenvalue weighted by atomic mass is 35.5. The van der Waals surface area contributed by atoms with Crippen molar-refractivity contribution in [3.05, 3.63) is 93.2 Å². The highest BCUT2D eigenvalue weighted by Gasteiger charge is 2.34. The van der Waals surface area contributed by atoms with Gasteiger partial charge in [-0.3, -0.25) is 14.4 Å². The third-order valence-corrected chi connectivity index (χ3v) is 8.05. The van der Waals surface area contributed by atoms with Crippen molar-refractivity contribution in [3.63, 3.8) is 0 Å². The Morgan fingerprint density at radius 3 is 2.38 bits per heavy atom. The third kappa shape index (κ3) is 5.68. The lowest BCUT2D eigenvalue weighted by molar-refractivity contribution is -0.136. The van der Waals surface area contributed by atoms with Crippen LogP contribution in [0.15, 0.2) is 76.4 Å². The van der Waals surface area contributed by atoms with Crippen molar-refractivity contribution >= 4 is 49.9 Å². The van der Waals surface area contributed by atoms with Crippen LogP contribution in [0.3, 0.4) is 0 Å². The van der Waals surface area contributed by atoms with Gasteiger partial charge >= 0.3 is 5.97 Å². The van der Waals surface area contributed by atoms with Crippen LogP contribution in [-0.4, -0.2) is 45.6 Å². The number of fused-ring (bicyclic) bond motifs is 1. The van der Waals surface area contributed by atoms with Gasteiger partial charge < -0.3 is 10.4 Å². The van der Waals surface area contributed by atoms with Crippen molar-refractivity contribution in [2.75, 3.05) is 5.32 Å². The molecule has 2 N–H and O–H groups in total. The van der Waals surface area contributed by atoms with Gasteiger partial charge in [-0.15, -0.1) is 5.10 Å². The van der Waals surface area contributed by atoms with Gasteiger partial charge in [0, 0.05) is 22.8 Å². The zero-order chi connectivity index (χ0) is 26.7. The molecule has 1 unspecified atom stereocenters. The molecular weight excluding hydrogens is 520 g/mol. The number of aromatic nitrogens is 3. The molecule has 1 aromatic heterocycles. The zero-order valence-corrected chi connectivity index (χ0v) is 21.0. The molecule has 1 amide bonds. The van der Waals surface area contributed by atoms with E-state index in [0.717, 1.165) is 10.2 Å². The second-order valence-electron chi connectivity index (χ2n) is 8.28. The van der Waals surface area contributed by atoms with E-state index in [2.05, 4.69) is 15.6 Å². The molecule has 37 heavy (non-hydrogen) atoms. The highest BCUT2D eigenvalue weighted by molar-refractivity contribution is 7.92. The van der Waals surface area contributed by atoms with Gasteiger partial charge in [0.1, 0.15) is 5.52 Å². The van der Waals surface area contributed by atoms with Crippen LogP contribution in [0.25, 0.3) is 10.9 Å². The van der Waals surface area contributed by atoms with E-state index in [4.69, 9.17) is 11.6 Å². The minimum Gasteiger partial charge on any atom is -0.480 e. The Morgan fingerprint density at radius 2 is 1.73 bits per heavy atom. The number of hydrogen-bond acceptors (Lipinski definition) is 7. The van der Waals surface area contributed by atoms with E-state index in [1.807, 2.05) is 6.92 Å². The summed E-state index contributed by atoms with van der Waals surface area (Å²) in [6.07, 6.45) is -0.404. The molecule has 190 valence electrons. The number of carbonyl (C=O) groups is 2. The molecule has 1 heterocycles. The van der Waals surface area contributed by atoms with Crippen LogP contribution in [0, 0.1) is 6.92 Å². The molecule has 0 aliphatic carbocycles. The maximum absolute atomic E-state index is 13.1. The topological polar surface area (TPSA) is 148 Å². The number of carboxylic acids is 1. The summed E-state index contributed by atoms with van der Waals surface area (Å²) in [4.78, 5) is 36.8. The molecule has 0 spiro atoms.